The molecular formula is C10H14N2O3. The number of amides is 1. The lowest BCUT2D eigenvalue weighted by molar-refractivity contribution is -0.137. The molecule has 0 radical (unpaired) electrons. The molecule has 1 aliphatic rings. The minimum absolute atomic E-state index is 0.0714. The maximum absolute atomic E-state index is 11.7. The highest BCUT2D eigenvalue weighted by atomic mass is 16.4. The summed E-state index contributed by atoms with van der Waals surface area (Å²) in [4.78, 5) is 27.3. The molecule has 5 nitrogen and oxygen atoms in total. The third-order valence-electron chi connectivity index (χ3n) is 2.15. The molecule has 0 spiro atoms. The monoisotopic (exact) mass is 210 g/mol. The Balaban J connectivity index is 2.30. The van der Waals surface area contributed by atoms with Crippen LogP contribution in [0.5, 0.6) is 0 Å². The molecule has 0 fully saturated rings. The summed E-state index contributed by atoms with van der Waals surface area (Å²) in [5.41, 5.74) is 0.660. The molecular weight excluding hydrogens is 196 g/mol. The number of carboxylic acid groups (broad SMARTS) is 1. The van der Waals surface area contributed by atoms with E-state index in [0.717, 1.165) is 0 Å². The van der Waals surface area contributed by atoms with Crippen LogP contribution in [0.15, 0.2) is 16.8 Å². The van der Waals surface area contributed by atoms with Crippen molar-refractivity contribution in [1.82, 2.24) is 4.90 Å². The zero-order chi connectivity index (χ0) is 11.3. The second-order valence-corrected chi connectivity index (χ2v) is 3.41. The van der Waals surface area contributed by atoms with Crippen molar-refractivity contribution in [1.29, 1.82) is 0 Å². The number of nitrogens with zero attached hydrogens (tertiary/aromatic N) is 2. The van der Waals surface area contributed by atoms with Gasteiger partial charge in [0.05, 0.1) is 0 Å². The molecule has 0 saturated heterocycles. The van der Waals surface area contributed by atoms with Crippen molar-refractivity contribution in [3.8, 4) is 0 Å². The molecule has 0 saturated carbocycles. The van der Waals surface area contributed by atoms with Gasteiger partial charge in [-0.05, 0) is 6.42 Å². The summed E-state index contributed by atoms with van der Waals surface area (Å²) < 4.78 is 0. The van der Waals surface area contributed by atoms with E-state index in [4.69, 9.17) is 5.11 Å². The second-order valence-electron chi connectivity index (χ2n) is 3.41. The zero-order valence-corrected chi connectivity index (χ0v) is 8.64. The Kier molecular flexibility index (Phi) is 4.03. The van der Waals surface area contributed by atoms with E-state index in [1.807, 2.05) is 0 Å². The van der Waals surface area contributed by atoms with Crippen molar-refractivity contribution in [2.75, 3.05) is 13.6 Å². The van der Waals surface area contributed by atoms with Crippen molar-refractivity contribution in [2.45, 2.75) is 19.3 Å². The highest BCUT2D eigenvalue weighted by Gasteiger charge is 2.15. The van der Waals surface area contributed by atoms with E-state index >= 15 is 0 Å². The Morgan fingerprint density at radius 3 is 2.87 bits per heavy atom. The van der Waals surface area contributed by atoms with E-state index in [2.05, 4.69) is 4.99 Å². The van der Waals surface area contributed by atoms with Crippen molar-refractivity contribution in [3.05, 3.63) is 11.8 Å². The van der Waals surface area contributed by atoms with E-state index in [-0.39, 0.29) is 12.3 Å². The van der Waals surface area contributed by atoms with Gasteiger partial charge in [0.15, 0.2) is 0 Å². The first-order valence-electron chi connectivity index (χ1n) is 4.79. The fourth-order valence-electron chi connectivity index (χ4n) is 1.30. The molecule has 1 heterocycles. The largest absolute Gasteiger partial charge is 0.481 e. The van der Waals surface area contributed by atoms with Crippen molar-refractivity contribution < 1.29 is 14.7 Å². The van der Waals surface area contributed by atoms with Gasteiger partial charge in [-0.25, -0.2) is 0 Å². The standard InChI is InChI=1S/C10H14N2O3/c1-12(6-2-3-9(13)14)10(15)8-4-5-11-7-8/h5,7H,2-4,6H2,1H3,(H,13,14). The van der Waals surface area contributed by atoms with Gasteiger partial charge in [0.1, 0.15) is 0 Å². The first-order valence-corrected chi connectivity index (χ1v) is 4.79. The average molecular weight is 210 g/mol. The molecule has 0 unspecified atom stereocenters. The molecule has 1 N–H and O–H groups in total. The van der Waals surface area contributed by atoms with E-state index in [1.165, 1.54) is 4.90 Å². The summed E-state index contributed by atoms with van der Waals surface area (Å²) in [6.07, 6.45) is 4.37. The zero-order valence-electron chi connectivity index (χ0n) is 8.64. The Hall–Kier alpha value is -1.65. The topological polar surface area (TPSA) is 70.0 Å². The summed E-state index contributed by atoms with van der Waals surface area (Å²) in [7, 11) is 1.67. The molecule has 0 bridgehead atoms. The summed E-state index contributed by atoms with van der Waals surface area (Å²) in [5, 5.41) is 8.44. The van der Waals surface area contributed by atoms with Crippen LogP contribution in [-0.2, 0) is 9.59 Å². The Labute approximate surface area is 88.1 Å². The van der Waals surface area contributed by atoms with Gasteiger partial charge in [-0.15, -0.1) is 0 Å². The van der Waals surface area contributed by atoms with Gasteiger partial charge in [-0.3, -0.25) is 14.6 Å². The molecule has 5 heteroatoms. The molecule has 1 aliphatic heterocycles. The van der Waals surface area contributed by atoms with E-state index in [9.17, 15) is 9.59 Å². The van der Waals surface area contributed by atoms with Crippen LogP contribution in [0.2, 0.25) is 0 Å². The number of hydrogen-bond donors (Lipinski definition) is 1. The van der Waals surface area contributed by atoms with Gasteiger partial charge in [0.25, 0.3) is 5.91 Å². The van der Waals surface area contributed by atoms with Crippen LogP contribution in [0, 0.1) is 0 Å². The average Bonchev–Trinajstić information content (AvgIpc) is 2.68. The van der Waals surface area contributed by atoms with Crippen LogP contribution in [0.4, 0.5) is 0 Å². The molecule has 82 valence electrons. The fourth-order valence-corrected chi connectivity index (χ4v) is 1.30. The molecule has 0 aliphatic carbocycles. The summed E-state index contributed by atoms with van der Waals surface area (Å²) in [6, 6.07) is 0. The summed E-state index contributed by atoms with van der Waals surface area (Å²) in [5.74, 6) is -0.905. The number of aliphatic imine (C=N–C) groups is 1. The number of hydrogen-bond acceptors (Lipinski definition) is 3. The fraction of sp³-hybridized carbons (Fsp3) is 0.500. The second kappa shape index (κ2) is 5.29. The first kappa shape index (κ1) is 11.4. The predicted molar refractivity (Wildman–Crippen MR) is 55.7 cm³/mol. The van der Waals surface area contributed by atoms with Crippen LogP contribution in [0.25, 0.3) is 0 Å². The highest BCUT2D eigenvalue weighted by Crippen LogP contribution is 2.09. The van der Waals surface area contributed by atoms with Gasteiger partial charge in [0.2, 0.25) is 0 Å². The molecule has 0 aromatic rings. The SMILES string of the molecule is CN(CCCC(=O)O)C(=O)C1=CN=CC1. The first-order chi connectivity index (χ1) is 7.11. The van der Waals surface area contributed by atoms with Gasteiger partial charge in [-0.2, -0.15) is 0 Å². The third kappa shape index (κ3) is 3.53. The lowest BCUT2D eigenvalue weighted by Gasteiger charge is -2.16. The number of rotatable bonds is 5. The summed E-state index contributed by atoms with van der Waals surface area (Å²) in [6.45, 7) is 0.461. The molecule has 1 amide bonds. The van der Waals surface area contributed by atoms with Crippen LogP contribution in [0.1, 0.15) is 19.3 Å². The van der Waals surface area contributed by atoms with Gasteiger partial charge >= 0.3 is 5.97 Å². The quantitative estimate of drug-likeness (QED) is 0.725. The highest BCUT2D eigenvalue weighted by molar-refractivity contribution is 5.97. The Morgan fingerprint density at radius 2 is 2.33 bits per heavy atom. The van der Waals surface area contributed by atoms with E-state index < -0.39 is 5.97 Å². The van der Waals surface area contributed by atoms with Crippen LogP contribution in [-0.4, -0.2) is 41.7 Å². The van der Waals surface area contributed by atoms with Crippen LogP contribution in [0.3, 0.4) is 0 Å². The van der Waals surface area contributed by atoms with Gasteiger partial charge < -0.3 is 10.0 Å². The molecule has 0 aromatic heterocycles. The van der Waals surface area contributed by atoms with Crippen molar-refractivity contribution in [3.63, 3.8) is 0 Å². The minimum atomic E-state index is -0.834. The molecule has 15 heavy (non-hydrogen) atoms. The van der Waals surface area contributed by atoms with Crippen molar-refractivity contribution in [2.24, 2.45) is 4.99 Å². The van der Waals surface area contributed by atoms with Gasteiger partial charge in [0, 0.05) is 44.4 Å². The Bertz CT molecular complexity index is 321. The maximum atomic E-state index is 11.7. The lowest BCUT2D eigenvalue weighted by atomic mass is 10.2. The third-order valence-corrected chi connectivity index (χ3v) is 2.15. The number of carboxylic acids is 1. The van der Waals surface area contributed by atoms with E-state index in [1.54, 1.807) is 19.5 Å². The Morgan fingerprint density at radius 1 is 1.60 bits per heavy atom. The minimum Gasteiger partial charge on any atom is -0.481 e. The number of likely N-dealkylation sites (N-methyl/N-ethyl adjacent to an activating group) is 1. The molecule has 0 aromatic carbocycles. The van der Waals surface area contributed by atoms with E-state index in [0.29, 0.717) is 25.0 Å². The van der Waals surface area contributed by atoms with Gasteiger partial charge in [-0.1, -0.05) is 0 Å². The summed E-state index contributed by atoms with van der Waals surface area (Å²) >= 11 is 0. The van der Waals surface area contributed by atoms with Crippen molar-refractivity contribution >= 4 is 18.1 Å². The normalized spacial score (nSPS) is 13.8. The lowest BCUT2D eigenvalue weighted by Crippen LogP contribution is -2.29. The molecule has 1 rings (SSSR count). The molecule has 0 atom stereocenters. The van der Waals surface area contributed by atoms with Crippen LogP contribution >= 0.6 is 0 Å². The number of aliphatic carboxylic acids is 1. The predicted octanol–water partition coefficient (Wildman–Crippen LogP) is 0.668. The number of carbonyl (C=O) groups excluding carboxylic acids is 1. The van der Waals surface area contributed by atoms with Crippen LogP contribution < -0.4 is 0 Å². The maximum Gasteiger partial charge on any atom is 0.303 e. The number of carbonyl (C=O) groups is 2. The smallest absolute Gasteiger partial charge is 0.303 e.